The number of benzene rings is 2. The van der Waals surface area contributed by atoms with E-state index in [9.17, 15) is 18.0 Å². The lowest BCUT2D eigenvalue weighted by Crippen LogP contribution is -2.37. The second-order valence-electron chi connectivity index (χ2n) is 10.8. The molecule has 3 aromatic rings. The molecule has 0 spiro atoms. The summed E-state index contributed by atoms with van der Waals surface area (Å²) in [4.78, 5) is 25.3. The fourth-order valence-electron chi connectivity index (χ4n) is 5.92. The molecule has 10 heteroatoms. The normalized spacial score (nSPS) is 23.9. The van der Waals surface area contributed by atoms with E-state index in [4.69, 9.17) is 4.74 Å². The SMILES string of the molecule is CC1(C)C[C@@H]2C[C@@](C)(CN2S(=O)(=O)c2cccc(C(=O)OCn3nnc4ccccc4c3=O)c2)C1. The van der Waals surface area contributed by atoms with E-state index in [1.807, 2.05) is 0 Å². The predicted octanol–water partition coefficient (Wildman–Crippen LogP) is 3.20. The molecule has 2 atom stereocenters. The molecule has 2 bridgehead atoms. The quantitative estimate of drug-likeness (QED) is 0.499. The fourth-order valence-corrected chi connectivity index (χ4v) is 7.74. The Morgan fingerprint density at radius 3 is 2.69 bits per heavy atom. The Hall–Kier alpha value is -3.11. The summed E-state index contributed by atoms with van der Waals surface area (Å²) in [6.07, 6.45) is 2.63. The molecule has 1 aliphatic heterocycles. The van der Waals surface area contributed by atoms with E-state index >= 15 is 0 Å². The highest BCUT2D eigenvalue weighted by atomic mass is 32.2. The molecule has 184 valence electrons. The van der Waals surface area contributed by atoms with Gasteiger partial charge in [-0.05, 0) is 60.4 Å². The van der Waals surface area contributed by atoms with Crippen molar-refractivity contribution >= 4 is 26.9 Å². The molecule has 0 N–H and O–H groups in total. The van der Waals surface area contributed by atoms with Gasteiger partial charge in [-0.25, -0.2) is 13.2 Å². The number of esters is 1. The highest BCUT2D eigenvalue weighted by Gasteiger charge is 2.53. The molecule has 2 heterocycles. The van der Waals surface area contributed by atoms with Crippen LogP contribution in [0, 0.1) is 10.8 Å². The van der Waals surface area contributed by atoms with E-state index in [1.54, 1.807) is 28.6 Å². The molecule has 0 amide bonds. The summed E-state index contributed by atoms with van der Waals surface area (Å²) in [5, 5.41) is 8.13. The second kappa shape index (κ2) is 8.23. The highest BCUT2D eigenvalue weighted by molar-refractivity contribution is 7.89. The minimum Gasteiger partial charge on any atom is -0.439 e. The van der Waals surface area contributed by atoms with Gasteiger partial charge >= 0.3 is 5.97 Å². The van der Waals surface area contributed by atoms with Gasteiger partial charge in [0.15, 0.2) is 6.73 Å². The second-order valence-corrected chi connectivity index (χ2v) is 12.7. The predicted molar refractivity (Wildman–Crippen MR) is 129 cm³/mol. The van der Waals surface area contributed by atoms with Crippen LogP contribution in [0.4, 0.5) is 0 Å². The summed E-state index contributed by atoms with van der Waals surface area (Å²) in [5.74, 6) is -0.753. The van der Waals surface area contributed by atoms with Crippen LogP contribution in [0.5, 0.6) is 0 Å². The monoisotopic (exact) mass is 496 g/mol. The first-order valence-electron chi connectivity index (χ1n) is 11.6. The van der Waals surface area contributed by atoms with Gasteiger partial charge in [0, 0.05) is 12.6 Å². The zero-order valence-corrected chi connectivity index (χ0v) is 20.8. The van der Waals surface area contributed by atoms with Crippen molar-refractivity contribution in [2.24, 2.45) is 10.8 Å². The topological polar surface area (TPSA) is 111 Å². The number of sulfonamides is 1. The molecule has 2 aliphatic rings. The molecule has 2 aromatic carbocycles. The van der Waals surface area contributed by atoms with Crippen LogP contribution in [0.25, 0.3) is 10.9 Å². The molecule has 1 aromatic heterocycles. The van der Waals surface area contributed by atoms with Crippen molar-refractivity contribution in [3.63, 3.8) is 0 Å². The Balaban J connectivity index is 1.35. The minimum atomic E-state index is -3.79. The summed E-state index contributed by atoms with van der Waals surface area (Å²) in [6.45, 7) is 6.57. The average Bonchev–Trinajstić information content (AvgIpc) is 3.08. The Kier molecular flexibility index (Phi) is 5.56. The van der Waals surface area contributed by atoms with Crippen LogP contribution in [0.3, 0.4) is 0 Å². The zero-order valence-electron chi connectivity index (χ0n) is 20.0. The van der Waals surface area contributed by atoms with Gasteiger partial charge in [0.05, 0.1) is 15.8 Å². The van der Waals surface area contributed by atoms with E-state index in [2.05, 4.69) is 31.1 Å². The third kappa shape index (κ3) is 4.36. The maximum atomic E-state index is 13.6. The van der Waals surface area contributed by atoms with Crippen LogP contribution in [-0.2, 0) is 21.5 Å². The lowest BCUT2D eigenvalue weighted by atomic mass is 9.65. The lowest BCUT2D eigenvalue weighted by Gasteiger charge is -2.39. The van der Waals surface area contributed by atoms with Gasteiger partial charge in [-0.1, -0.05) is 44.2 Å². The van der Waals surface area contributed by atoms with Crippen LogP contribution >= 0.6 is 0 Å². The molecule has 5 rings (SSSR count). The van der Waals surface area contributed by atoms with Crippen LogP contribution in [0.2, 0.25) is 0 Å². The van der Waals surface area contributed by atoms with Crippen LogP contribution < -0.4 is 5.56 Å². The van der Waals surface area contributed by atoms with Gasteiger partial charge in [0.1, 0.15) is 5.52 Å². The molecule has 35 heavy (non-hydrogen) atoms. The number of fused-ring (bicyclic) bond motifs is 3. The molecule has 2 fully saturated rings. The highest BCUT2D eigenvalue weighted by Crippen LogP contribution is 2.53. The minimum absolute atomic E-state index is 0.0514. The molecular weight excluding hydrogens is 468 g/mol. The summed E-state index contributed by atoms with van der Waals surface area (Å²) >= 11 is 0. The van der Waals surface area contributed by atoms with Crippen molar-refractivity contribution in [2.75, 3.05) is 6.54 Å². The van der Waals surface area contributed by atoms with Gasteiger partial charge in [0.25, 0.3) is 5.56 Å². The first-order valence-corrected chi connectivity index (χ1v) is 13.0. The number of aromatic nitrogens is 3. The molecular formula is C25H28N4O5S. The Labute approximate surface area is 203 Å². The van der Waals surface area contributed by atoms with Crippen molar-refractivity contribution < 1.29 is 17.9 Å². The molecule has 1 aliphatic carbocycles. The first kappa shape index (κ1) is 23.6. The van der Waals surface area contributed by atoms with E-state index in [0.717, 1.165) is 23.9 Å². The summed E-state index contributed by atoms with van der Waals surface area (Å²) in [7, 11) is -3.79. The van der Waals surface area contributed by atoms with Crippen molar-refractivity contribution in [3.8, 4) is 0 Å². The average molecular weight is 497 g/mol. The molecule has 0 radical (unpaired) electrons. The zero-order chi connectivity index (χ0) is 25.0. The van der Waals surface area contributed by atoms with Gasteiger partial charge in [-0.3, -0.25) is 4.79 Å². The van der Waals surface area contributed by atoms with Crippen molar-refractivity contribution in [2.45, 2.75) is 57.7 Å². The van der Waals surface area contributed by atoms with Gasteiger partial charge in [-0.15, -0.1) is 5.10 Å². The van der Waals surface area contributed by atoms with Gasteiger partial charge in [-0.2, -0.15) is 8.99 Å². The van der Waals surface area contributed by atoms with E-state index in [0.29, 0.717) is 17.4 Å². The summed E-state index contributed by atoms with van der Waals surface area (Å²) in [6, 6.07) is 12.5. The number of nitrogens with zero attached hydrogens (tertiary/aromatic N) is 4. The Bertz CT molecular complexity index is 1480. The number of hydrogen-bond donors (Lipinski definition) is 0. The molecule has 1 saturated carbocycles. The third-order valence-electron chi connectivity index (χ3n) is 6.99. The summed E-state index contributed by atoms with van der Waals surface area (Å²) < 4.78 is 34.9. The van der Waals surface area contributed by atoms with Gasteiger partial charge in [0.2, 0.25) is 10.0 Å². The number of hydrogen-bond acceptors (Lipinski definition) is 7. The standard InChI is InChI=1S/C25H28N4O5S/c1-24(2)12-18-13-25(3,14-24)15-29(18)35(32,33)19-8-6-7-17(11-19)23(31)34-16-28-22(30)20-9-4-5-10-21(20)26-27-28/h4-11,18H,12-16H2,1-3H3/t18-,25-/m1/s1. The van der Waals surface area contributed by atoms with E-state index in [1.165, 1.54) is 24.3 Å². The Morgan fingerprint density at radius 1 is 1.11 bits per heavy atom. The number of carbonyl (C=O) groups is 1. The molecule has 1 saturated heterocycles. The van der Waals surface area contributed by atoms with Crippen LogP contribution in [0.15, 0.2) is 58.2 Å². The van der Waals surface area contributed by atoms with Crippen molar-refractivity contribution in [3.05, 3.63) is 64.4 Å². The number of ether oxygens (including phenoxy) is 1. The number of rotatable bonds is 5. The maximum absolute atomic E-state index is 13.6. The van der Waals surface area contributed by atoms with Gasteiger partial charge < -0.3 is 4.74 Å². The first-order chi connectivity index (χ1) is 16.5. The fraction of sp³-hybridized carbons (Fsp3) is 0.440. The van der Waals surface area contributed by atoms with E-state index in [-0.39, 0.29) is 27.3 Å². The lowest BCUT2D eigenvalue weighted by molar-refractivity contribution is 0.0335. The summed E-state index contributed by atoms with van der Waals surface area (Å²) in [5.41, 5.74) is 0.126. The van der Waals surface area contributed by atoms with Crippen molar-refractivity contribution in [1.29, 1.82) is 0 Å². The van der Waals surface area contributed by atoms with Crippen molar-refractivity contribution in [1.82, 2.24) is 19.3 Å². The maximum Gasteiger partial charge on any atom is 0.339 e. The third-order valence-corrected chi connectivity index (χ3v) is 8.88. The molecule has 9 nitrogen and oxygen atoms in total. The van der Waals surface area contributed by atoms with Crippen LogP contribution in [-0.4, -0.2) is 46.3 Å². The van der Waals surface area contributed by atoms with E-state index < -0.39 is 28.3 Å². The Morgan fingerprint density at radius 2 is 1.89 bits per heavy atom. The number of carbonyl (C=O) groups excluding carboxylic acids is 1. The van der Waals surface area contributed by atoms with Crippen LogP contribution in [0.1, 0.15) is 50.4 Å². The molecule has 0 unspecified atom stereocenters. The largest absolute Gasteiger partial charge is 0.439 e. The smallest absolute Gasteiger partial charge is 0.339 e.